The van der Waals surface area contributed by atoms with Gasteiger partial charge in [0, 0.05) is 18.7 Å². The van der Waals surface area contributed by atoms with Gasteiger partial charge >= 0.3 is 6.09 Å². The molecular formula is C31H36N4O6S. The lowest BCUT2D eigenvalue weighted by Gasteiger charge is -2.37. The zero-order chi connectivity index (χ0) is 29.9. The van der Waals surface area contributed by atoms with Crippen LogP contribution in [0.3, 0.4) is 0 Å². The highest BCUT2D eigenvalue weighted by atomic mass is 32.2. The van der Waals surface area contributed by atoms with Crippen molar-refractivity contribution in [1.82, 2.24) is 15.5 Å². The first-order valence-electron chi connectivity index (χ1n) is 13.9. The van der Waals surface area contributed by atoms with E-state index in [9.17, 15) is 24.3 Å². The van der Waals surface area contributed by atoms with Gasteiger partial charge in [0.25, 0.3) is 0 Å². The van der Waals surface area contributed by atoms with E-state index in [1.54, 1.807) is 0 Å². The number of primary amides is 1. The number of aliphatic hydroxyl groups is 1. The lowest BCUT2D eigenvalue weighted by Crippen LogP contribution is -2.60. The molecule has 0 aromatic heterocycles. The largest absolute Gasteiger partial charge is 0.445 e. The second-order valence-corrected chi connectivity index (χ2v) is 11.2. The molecule has 0 bridgehead atoms. The molecule has 42 heavy (non-hydrogen) atoms. The van der Waals surface area contributed by atoms with E-state index in [2.05, 4.69) is 10.6 Å². The summed E-state index contributed by atoms with van der Waals surface area (Å²) < 4.78 is 5.29. The third-order valence-corrected chi connectivity index (χ3v) is 7.93. The predicted octanol–water partition coefficient (Wildman–Crippen LogP) is 2.71. The minimum Gasteiger partial charge on any atom is -0.445 e. The van der Waals surface area contributed by atoms with Crippen LogP contribution in [-0.2, 0) is 32.1 Å². The average Bonchev–Trinajstić information content (AvgIpc) is 3.01. The Morgan fingerprint density at radius 1 is 0.929 bits per heavy atom. The summed E-state index contributed by atoms with van der Waals surface area (Å²) in [6, 6.07) is 19.9. The van der Waals surface area contributed by atoms with E-state index in [0.717, 1.165) is 40.1 Å². The summed E-state index contributed by atoms with van der Waals surface area (Å²) in [4.78, 5) is 53.5. The Morgan fingerprint density at radius 3 is 2.40 bits per heavy atom. The molecule has 3 atom stereocenters. The first kappa shape index (κ1) is 30.9. The molecule has 3 aromatic carbocycles. The second-order valence-electron chi connectivity index (χ2n) is 10.2. The zero-order valence-electron chi connectivity index (χ0n) is 23.2. The van der Waals surface area contributed by atoms with Crippen molar-refractivity contribution >= 4 is 46.3 Å². The van der Waals surface area contributed by atoms with Gasteiger partial charge in [-0.1, -0.05) is 72.8 Å². The monoisotopic (exact) mass is 592 g/mol. The molecule has 1 heterocycles. The Kier molecular flexibility index (Phi) is 11.2. The molecule has 11 heteroatoms. The first-order valence-corrected chi connectivity index (χ1v) is 15.0. The highest BCUT2D eigenvalue weighted by Crippen LogP contribution is 2.21. The number of benzene rings is 3. The smallest absolute Gasteiger partial charge is 0.408 e. The number of carbonyl (C=O) groups excluding carboxylic acids is 4. The van der Waals surface area contributed by atoms with Crippen LogP contribution in [0.5, 0.6) is 0 Å². The summed E-state index contributed by atoms with van der Waals surface area (Å²) >= 11 is 1.07. The van der Waals surface area contributed by atoms with Crippen LogP contribution in [0.25, 0.3) is 10.8 Å². The molecule has 0 saturated carbocycles. The van der Waals surface area contributed by atoms with Crippen molar-refractivity contribution in [1.29, 1.82) is 0 Å². The quantitative estimate of drug-likeness (QED) is 0.236. The van der Waals surface area contributed by atoms with Crippen LogP contribution in [0.4, 0.5) is 4.79 Å². The van der Waals surface area contributed by atoms with Crippen molar-refractivity contribution in [2.75, 3.05) is 18.2 Å². The van der Waals surface area contributed by atoms with Crippen LogP contribution < -0.4 is 16.4 Å². The summed E-state index contributed by atoms with van der Waals surface area (Å²) in [5.74, 6) is -1.77. The van der Waals surface area contributed by atoms with E-state index in [-0.39, 0.29) is 24.7 Å². The number of aliphatic hydroxyl groups excluding tert-OH is 1. The summed E-state index contributed by atoms with van der Waals surface area (Å²) in [5, 5.41) is 16.8. The lowest BCUT2D eigenvalue weighted by atomic mass is 9.98. The molecule has 1 aliphatic heterocycles. The fraction of sp³-hybridized carbons (Fsp3) is 0.355. The van der Waals surface area contributed by atoms with Crippen LogP contribution in [0, 0.1) is 0 Å². The normalized spacial score (nSPS) is 16.3. The maximum atomic E-state index is 13.7. The molecule has 0 radical (unpaired) electrons. The fourth-order valence-corrected chi connectivity index (χ4v) is 5.58. The van der Waals surface area contributed by atoms with Gasteiger partial charge in [-0.2, -0.15) is 0 Å². The van der Waals surface area contributed by atoms with Crippen molar-refractivity contribution < 1.29 is 29.0 Å². The molecule has 1 aliphatic rings. The second kappa shape index (κ2) is 15.2. The Morgan fingerprint density at radius 2 is 1.67 bits per heavy atom. The van der Waals surface area contributed by atoms with Crippen molar-refractivity contribution in [3.8, 4) is 0 Å². The number of nitrogens with zero attached hydrogens (tertiary/aromatic N) is 1. The molecule has 0 unspecified atom stereocenters. The number of ether oxygens (including phenoxy) is 1. The minimum atomic E-state index is -1.02. The number of rotatable bonds is 12. The van der Waals surface area contributed by atoms with Gasteiger partial charge in [0.15, 0.2) is 0 Å². The number of likely N-dealkylation sites (tertiary alicyclic amines) is 1. The molecule has 0 aliphatic carbocycles. The zero-order valence-corrected chi connectivity index (χ0v) is 24.1. The van der Waals surface area contributed by atoms with E-state index < -0.39 is 41.9 Å². The molecular weight excluding hydrogens is 556 g/mol. The number of hydrogen-bond acceptors (Lipinski definition) is 7. The van der Waals surface area contributed by atoms with Gasteiger partial charge in [-0.3, -0.25) is 14.4 Å². The van der Waals surface area contributed by atoms with Gasteiger partial charge in [-0.15, -0.1) is 11.8 Å². The Bertz CT molecular complexity index is 1390. The number of hydrogen-bond donors (Lipinski definition) is 4. The number of nitrogens with two attached hydrogens (primary N) is 1. The van der Waals surface area contributed by atoms with Crippen LogP contribution in [0.1, 0.15) is 30.4 Å². The SMILES string of the molecule is NC(=O)[C@H](Cc1ccc2ccccc2c1)NC(=O)[C@@H]1CCCCN1C(=O)[C@H](CSCO)NC(=O)OCc1ccccc1. The molecule has 3 aromatic rings. The van der Waals surface area contributed by atoms with E-state index in [0.29, 0.717) is 19.4 Å². The standard InChI is InChI=1S/C31H36N4O6S/c32-28(37)25(17-22-13-14-23-10-4-5-11-24(23)16-22)33-29(38)27-12-6-7-15-35(27)30(39)26(19-42-20-36)34-31(40)41-18-21-8-2-1-3-9-21/h1-5,8-11,13-14,16,25-27,36H,6-7,12,15,17-20H2,(H2,32,37)(H,33,38)(H,34,40)/t25-,26-,27-/m0/s1. The summed E-state index contributed by atoms with van der Waals surface area (Å²) in [7, 11) is 0. The topological polar surface area (TPSA) is 151 Å². The van der Waals surface area contributed by atoms with E-state index >= 15 is 0 Å². The van der Waals surface area contributed by atoms with Gasteiger partial charge in [0.05, 0.1) is 5.94 Å². The molecule has 1 saturated heterocycles. The highest BCUT2D eigenvalue weighted by molar-refractivity contribution is 7.99. The van der Waals surface area contributed by atoms with Crippen molar-refractivity contribution in [3.05, 3.63) is 83.9 Å². The van der Waals surface area contributed by atoms with Crippen LogP contribution in [0.2, 0.25) is 0 Å². The van der Waals surface area contributed by atoms with Gasteiger partial charge in [-0.25, -0.2) is 4.79 Å². The Hall–Kier alpha value is -4.09. The summed E-state index contributed by atoms with van der Waals surface area (Å²) in [6.07, 6.45) is 1.23. The average molecular weight is 593 g/mol. The predicted molar refractivity (Wildman–Crippen MR) is 161 cm³/mol. The fourth-order valence-electron chi connectivity index (χ4n) is 5.01. The van der Waals surface area contributed by atoms with Crippen molar-refractivity contribution in [3.63, 3.8) is 0 Å². The van der Waals surface area contributed by atoms with Gasteiger partial charge in [-0.05, 0) is 41.2 Å². The van der Waals surface area contributed by atoms with Crippen molar-refractivity contribution in [2.24, 2.45) is 5.73 Å². The summed E-state index contributed by atoms with van der Waals surface area (Å²) in [6.45, 7) is 0.338. The number of thioether (sulfide) groups is 1. The number of carbonyl (C=O) groups is 4. The summed E-state index contributed by atoms with van der Waals surface area (Å²) in [5.41, 5.74) is 7.31. The first-order chi connectivity index (χ1) is 20.4. The van der Waals surface area contributed by atoms with E-state index in [1.165, 1.54) is 4.90 Å². The maximum Gasteiger partial charge on any atom is 0.408 e. The van der Waals surface area contributed by atoms with E-state index in [4.69, 9.17) is 10.5 Å². The van der Waals surface area contributed by atoms with E-state index in [1.807, 2.05) is 72.8 Å². The molecule has 1 fully saturated rings. The van der Waals surface area contributed by atoms with Crippen LogP contribution in [0.15, 0.2) is 72.8 Å². The highest BCUT2D eigenvalue weighted by Gasteiger charge is 2.37. The third-order valence-electron chi connectivity index (χ3n) is 7.18. The molecule has 0 spiro atoms. The number of amides is 4. The van der Waals surface area contributed by atoms with Crippen molar-refractivity contribution in [2.45, 2.75) is 50.4 Å². The number of piperidine rings is 1. The Balaban J connectivity index is 1.42. The molecule has 10 nitrogen and oxygen atoms in total. The molecule has 5 N–H and O–H groups in total. The third kappa shape index (κ3) is 8.46. The Labute approximate surface area is 249 Å². The number of nitrogens with one attached hydrogen (secondary N) is 2. The lowest BCUT2D eigenvalue weighted by molar-refractivity contribution is -0.144. The maximum absolute atomic E-state index is 13.7. The molecule has 222 valence electrons. The number of fused-ring (bicyclic) bond motifs is 1. The van der Waals surface area contributed by atoms with Crippen LogP contribution >= 0.6 is 11.8 Å². The minimum absolute atomic E-state index is 0.0290. The van der Waals surface area contributed by atoms with Crippen LogP contribution in [-0.4, -0.2) is 70.2 Å². The number of alkyl carbamates (subject to hydrolysis) is 1. The van der Waals surface area contributed by atoms with Gasteiger partial charge < -0.3 is 31.1 Å². The molecule has 4 amide bonds. The van der Waals surface area contributed by atoms with Gasteiger partial charge in [0.2, 0.25) is 17.7 Å². The molecule has 4 rings (SSSR count). The van der Waals surface area contributed by atoms with Gasteiger partial charge in [0.1, 0.15) is 24.7 Å².